The molecule has 2 nitrogen and oxygen atoms in total. The zero-order chi connectivity index (χ0) is 13.1. The molecule has 3 heteroatoms. The topological polar surface area (TPSA) is 29.1 Å². The standard InChI is InChI=1S/C14H20ClNO/c1-10(2)8-13(17)16-14(3,4)11-6-5-7-12(15)9-11/h5-7,9-10H,8H2,1-4H3,(H,16,17). The molecule has 1 rings (SSSR count). The molecule has 0 aromatic heterocycles. The molecule has 1 aromatic carbocycles. The molecule has 0 saturated carbocycles. The second-order valence-electron chi connectivity index (χ2n) is 5.28. The summed E-state index contributed by atoms with van der Waals surface area (Å²) in [5.41, 5.74) is 0.624. The Bertz CT molecular complexity index is 399. The Labute approximate surface area is 108 Å². The highest BCUT2D eigenvalue weighted by Crippen LogP contribution is 2.23. The Morgan fingerprint density at radius 1 is 1.41 bits per heavy atom. The van der Waals surface area contributed by atoms with Crippen molar-refractivity contribution in [1.29, 1.82) is 0 Å². The molecule has 17 heavy (non-hydrogen) atoms. The van der Waals surface area contributed by atoms with Crippen molar-refractivity contribution >= 4 is 17.5 Å². The van der Waals surface area contributed by atoms with Crippen molar-refractivity contribution in [3.8, 4) is 0 Å². The lowest BCUT2D eigenvalue weighted by Crippen LogP contribution is -2.41. The average Bonchev–Trinajstić information content (AvgIpc) is 2.15. The summed E-state index contributed by atoms with van der Waals surface area (Å²) < 4.78 is 0. The van der Waals surface area contributed by atoms with Crippen molar-refractivity contribution in [2.45, 2.75) is 39.7 Å². The third-order valence-electron chi connectivity index (χ3n) is 2.59. The summed E-state index contributed by atoms with van der Waals surface area (Å²) in [6.45, 7) is 8.03. The SMILES string of the molecule is CC(C)CC(=O)NC(C)(C)c1cccc(Cl)c1. The molecule has 0 saturated heterocycles. The quantitative estimate of drug-likeness (QED) is 0.870. The van der Waals surface area contributed by atoms with Gasteiger partial charge in [-0.3, -0.25) is 4.79 Å². The fraction of sp³-hybridized carbons (Fsp3) is 0.500. The van der Waals surface area contributed by atoms with E-state index in [-0.39, 0.29) is 5.91 Å². The van der Waals surface area contributed by atoms with Gasteiger partial charge in [0.2, 0.25) is 5.91 Å². The first-order valence-corrected chi connectivity index (χ1v) is 6.26. The van der Waals surface area contributed by atoms with Crippen molar-refractivity contribution in [3.63, 3.8) is 0 Å². The molecule has 0 aliphatic carbocycles. The Balaban J connectivity index is 2.78. The van der Waals surface area contributed by atoms with E-state index in [2.05, 4.69) is 5.32 Å². The molecule has 0 fully saturated rings. The predicted molar refractivity (Wildman–Crippen MR) is 72.1 cm³/mol. The van der Waals surface area contributed by atoms with E-state index in [1.165, 1.54) is 0 Å². The van der Waals surface area contributed by atoms with Crippen molar-refractivity contribution in [1.82, 2.24) is 5.32 Å². The Kier molecular flexibility index (Phi) is 4.58. The zero-order valence-electron chi connectivity index (χ0n) is 10.9. The fourth-order valence-electron chi connectivity index (χ4n) is 1.72. The minimum atomic E-state index is -0.392. The smallest absolute Gasteiger partial charge is 0.220 e. The minimum absolute atomic E-state index is 0.0741. The van der Waals surface area contributed by atoms with Crippen molar-refractivity contribution < 1.29 is 4.79 Å². The van der Waals surface area contributed by atoms with E-state index in [0.717, 1.165) is 5.56 Å². The third kappa shape index (κ3) is 4.39. The van der Waals surface area contributed by atoms with E-state index in [0.29, 0.717) is 17.4 Å². The molecular formula is C14H20ClNO. The summed E-state index contributed by atoms with van der Waals surface area (Å²) in [6.07, 6.45) is 0.546. The van der Waals surface area contributed by atoms with E-state index < -0.39 is 5.54 Å². The highest BCUT2D eigenvalue weighted by atomic mass is 35.5. The van der Waals surface area contributed by atoms with Crippen LogP contribution < -0.4 is 5.32 Å². The average molecular weight is 254 g/mol. The van der Waals surface area contributed by atoms with Crippen LogP contribution in [0.25, 0.3) is 0 Å². The van der Waals surface area contributed by atoms with Crippen LogP contribution in [0.2, 0.25) is 5.02 Å². The molecule has 0 heterocycles. The van der Waals surface area contributed by atoms with Gasteiger partial charge in [0.05, 0.1) is 5.54 Å². The highest BCUT2D eigenvalue weighted by Gasteiger charge is 2.23. The third-order valence-corrected chi connectivity index (χ3v) is 2.83. The van der Waals surface area contributed by atoms with E-state index in [9.17, 15) is 4.79 Å². The second-order valence-corrected chi connectivity index (χ2v) is 5.72. The zero-order valence-corrected chi connectivity index (χ0v) is 11.6. The van der Waals surface area contributed by atoms with E-state index in [4.69, 9.17) is 11.6 Å². The van der Waals surface area contributed by atoms with Gasteiger partial charge in [0.15, 0.2) is 0 Å². The van der Waals surface area contributed by atoms with Gasteiger partial charge in [-0.1, -0.05) is 37.6 Å². The van der Waals surface area contributed by atoms with Gasteiger partial charge in [0.1, 0.15) is 0 Å². The number of carbonyl (C=O) groups is 1. The van der Waals surface area contributed by atoms with Crippen molar-refractivity contribution in [2.24, 2.45) is 5.92 Å². The summed E-state index contributed by atoms with van der Waals surface area (Å²) >= 11 is 5.96. The molecule has 0 spiro atoms. The molecule has 0 atom stereocenters. The molecule has 1 aromatic rings. The lowest BCUT2D eigenvalue weighted by Gasteiger charge is -2.27. The molecule has 1 N–H and O–H groups in total. The number of carbonyl (C=O) groups excluding carboxylic acids is 1. The van der Waals surface area contributed by atoms with E-state index >= 15 is 0 Å². The fourth-order valence-corrected chi connectivity index (χ4v) is 1.91. The predicted octanol–water partition coefficient (Wildman–Crippen LogP) is 3.74. The number of hydrogen-bond acceptors (Lipinski definition) is 1. The maximum Gasteiger partial charge on any atom is 0.220 e. The lowest BCUT2D eigenvalue weighted by molar-refractivity contribution is -0.123. The molecule has 0 bridgehead atoms. The molecular weight excluding hydrogens is 234 g/mol. The number of amides is 1. The molecule has 94 valence electrons. The van der Waals surface area contributed by atoms with E-state index in [1.54, 1.807) is 0 Å². The summed E-state index contributed by atoms with van der Waals surface area (Å²) in [5, 5.41) is 3.72. The van der Waals surface area contributed by atoms with Gasteiger partial charge in [-0.2, -0.15) is 0 Å². The molecule has 0 unspecified atom stereocenters. The van der Waals surface area contributed by atoms with Gasteiger partial charge in [-0.05, 0) is 37.5 Å². The number of benzene rings is 1. The van der Waals surface area contributed by atoms with Crippen LogP contribution in [0.15, 0.2) is 24.3 Å². The minimum Gasteiger partial charge on any atom is -0.347 e. The molecule has 0 aliphatic rings. The number of nitrogens with one attached hydrogen (secondary N) is 1. The van der Waals surface area contributed by atoms with Crippen molar-refractivity contribution in [3.05, 3.63) is 34.9 Å². The molecule has 0 aliphatic heterocycles. The van der Waals surface area contributed by atoms with Crippen LogP contribution in [0.1, 0.15) is 39.7 Å². The number of hydrogen-bond donors (Lipinski definition) is 1. The molecule has 1 amide bonds. The van der Waals surface area contributed by atoms with Gasteiger partial charge < -0.3 is 5.32 Å². The summed E-state index contributed by atoms with van der Waals surface area (Å²) in [6, 6.07) is 7.59. The van der Waals surface area contributed by atoms with Crippen LogP contribution >= 0.6 is 11.6 Å². The van der Waals surface area contributed by atoms with Gasteiger partial charge in [-0.15, -0.1) is 0 Å². The summed E-state index contributed by atoms with van der Waals surface area (Å²) in [5.74, 6) is 0.440. The van der Waals surface area contributed by atoms with Gasteiger partial charge in [-0.25, -0.2) is 0 Å². The Morgan fingerprint density at radius 3 is 2.59 bits per heavy atom. The summed E-state index contributed by atoms with van der Waals surface area (Å²) in [7, 11) is 0. The van der Waals surface area contributed by atoms with Crippen LogP contribution in [0, 0.1) is 5.92 Å². The van der Waals surface area contributed by atoms with Gasteiger partial charge >= 0.3 is 0 Å². The first-order chi connectivity index (χ1) is 7.81. The monoisotopic (exact) mass is 253 g/mol. The number of halogens is 1. The normalized spacial score (nSPS) is 11.6. The van der Waals surface area contributed by atoms with Gasteiger partial charge in [0, 0.05) is 11.4 Å². The van der Waals surface area contributed by atoms with Crippen LogP contribution in [0.4, 0.5) is 0 Å². The van der Waals surface area contributed by atoms with Gasteiger partial charge in [0.25, 0.3) is 0 Å². The summed E-state index contributed by atoms with van der Waals surface area (Å²) in [4.78, 5) is 11.8. The Morgan fingerprint density at radius 2 is 2.06 bits per heavy atom. The van der Waals surface area contributed by atoms with E-state index in [1.807, 2.05) is 52.0 Å². The first kappa shape index (κ1) is 14.0. The second kappa shape index (κ2) is 5.54. The van der Waals surface area contributed by atoms with Crippen LogP contribution in [-0.4, -0.2) is 5.91 Å². The highest BCUT2D eigenvalue weighted by molar-refractivity contribution is 6.30. The maximum atomic E-state index is 11.8. The largest absolute Gasteiger partial charge is 0.347 e. The first-order valence-electron chi connectivity index (χ1n) is 5.88. The van der Waals surface area contributed by atoms with Crippen molar-refractivity contribution in [2.75, 3.05) is 0 Å². The van der Waals surface area contributed by atoms with Crippen LogP contribution in [0.3, 0.4) is 0 Å². The number of rotatable bonds is 4. The molecule has 0 radical (unpaired) electrons. The van der Waals surface area contributed by atoms with Crippen LogP contribution in [0.5, 0.6) is 0 Å². The maximum absolute atomic E-state index is 11.8. The lowest BCUT2D eigenvalue weighted by atomic mass is 9.94. The van der Waals surface area contributed by atoms with Crippen LogP contribution in [-0.2, 0) is 10.3 Å². The Hall–Kier alpha value is -1.02.